The molecule has 0 atom stereocenters. The molecule has 0 aliphatic heterocycles. The second-order valence-electron chi connectivity index (χ2n) is 5.19. The predicted molar refractivity (Wildman–Crippen MR) is 90.5 cm³/mol. The first kappa shape index (κ1) is 18.0. The van der Waals surface area contributed by atoms with Crippen LogP contribution in [0.25, 0.3) is 0 Å². The van der Waals surface area contributed by atoms with Gasteiger partial charge in [-0.1, -0.05) is 57.3 Å². The average Bonchev–Trinajstić information content (AvgIpc) is 2.40. The smallest absolute Gasteiger partial charge is 0.247 e. The van der Waals surface area contributed by atoms with Crippen molar-refractivity contribution in [2.24, 2.45) is 0 Å². The molecule has 0 amide bonds. The molecule has 0 aromatic heterocycles. The van der Waals surface area contributed by atoms with E-state index in [0.29, 0.717) is 5.25 Å². The lowest BCUT2D eigenvalue weighted by Crippen LogP contribution is -2.09. The van der Waals surface area contributed by atoms with Crippen LogP contribution in [-0.2, 0) is 20.9 Å². The Kier molecular flexibility index (Phi) is 10.0. The second-order valence-corrected chi connectivity index (χ2v) is 11.7. The summed E-state index contributed by atoms with van der Waals surface area (Å²) in [6, 6.07) is 0. The first-order valence-corrected chi connectivity index (χ1v) is 11.9. The van der Waals surface area contributed by atoms with Crippen LogP contribution < -0.4 is 0 Å². The van der Waals surface area contributed by atoms with Gasteiger partial charge >= 0.3 is 0 Å². The summed E-state index contributed by atoms with van der Waals surface area (Å²) in [5, 5.41) is 0.669. The molecule has 0 unspecified atom stereocenters. The number of hydrogen-bond acceptors (Lipinski definition) is 4. The van der Waals surface area contributed by atoms with Crippen LogP contribution in [0.1, 0.15) is 71.6 Å². The Balaban J connectivity index is 2.43. The van der Waals surface area contributed by atoms with Crippen LogP contribution in [-0.4, -0.2) is 18.5 Å². The maximum Gasteiger partial charge on any atom is 0.247 e. The van der Waals surface area contributed by atoms with Crippen LogP contribution >= 0.6 is 17.1 Å². The van der Waals surface area contributed by atoms with Gasteiger partial charge in [0.05, 0.1) is 13.2 Å². The summed E-state index contributed by atoms with van der Waals surface area (Å²) in [5.74, 6) is 0. The van der Waals surface area contributed by atoms with E-state index >= 15 is 0 Å². The summed E-state index contributed by atoms with van der Waals surface area (Å²) in [4.78, 5) is 0. The minimum atomic E-state index is -2.10. The molecule has 2 nitrogen and oxygen atoms in total. The molecule has 0 radical (unpaired) electrons. The zero-order chi connectivity index (χ0) is 14.0. The zero-order valence-corrected chi connectivity index (χ0v) is 15.0. The van der Waals surface area contributed by atoms with Gasteiger partial charge in [0.15, 0.2) is 0 Å². The van der Waals surface area contributed by atoms with Gasteiger partial charge in [-0.05, 0) is 37.5 Å². The normalized spacial score (nSPS) is 17.8. The Morgan fingerprint density at radius 2 is 1.53 bits per heavy atom. The lowest BCUT2D eigenvalue weighted by atomic mass is 10.0. The molecular formula is C14H29O2PS2. The average molecular weight is 324 g/mol. The van der Waals surface area contributed by atoms with Crippen molar-refractivity contribution in [1.29, 1.82) is 0 Å². The fourth-order valence-electron chi connectivity index (χ4n) is 2.09. The summed E-state index contributed by atoms with van der Waals surface area (Å²) in [6.07, 6.45) is 11.1. The van der Waals surface area contributed by atoms with E-state index in [-0.39, 0.29) is 0 Å². The molecular weight excluding hydrogens is 295 g/mol. The van der Waals surface area contributed by atoms with E-state index in [2.05, 4.69) is 13.8 Å². The first-order valence-electron chi connectivity index (χ1n) is 7.77. The predicted octanol–water partition coefficient (Wildman–Crippen LogP) is 5.91. The van der Waals surface area contributed by atoms with Gasteiger partial charge in [0.1, 0.15) is 0 Å². The fraction of sp³-hybridized carbons (Fsp3) is 1.00. The van der Waals surface area contributed by atoms with E-state index in [0.717, 1.165) is 38.9 Å². The van der Waals surface area contributed by atoms with Gasteiger partial charge in [-0.15, -0.1) is 0 Å². The topological polar surface area (TPSA) is 18.5 Å². The summed E-state index contributed by atoms with van der Waals surface area (Å²) >= 11 is 7.59. The Morgan fingerprint density at radius 3 is 2.00 bits per heavy atom. The molecule has 1 rings (SSSR count). The van der Waals surface area contributed by atoms with Crippen molar-refractivity contribution in [2.75, 3.05) is 13.2 Å². The molecule has 1 aliphatic rings. The Morgan fingerprint density at radius 1 is 1.00 bits per heavy atom. The maximum atomic E-state index is 5.99. The van der Waals surface area contributed by atoms with E-state index in [1.165, 1.54) is 32.1 Å². The number of hydrogen-bond donors (Lipinski definition) is 0. The van der Waals surface area contributed by atoms with E-state index in [9.17, 15) is 0 Å². The monoisotopic (exact) mass is 324 g/mol. The highest BCUT2D eigenvalue weighted by atomic mass is 32.9. The van der Waals surface area contributed by atoms with Gasteiger partial charge in [0.2, 0.25) is 5.69 Å². The van der Waals surface area contributed by atoms with E-state index < -0.39 is 5.69 Å². The summed E-state index contributed by atoms with van der Waals surface area (Å²) in [7, 11) is 0. The van der Waals surface area contributed by atoms with Crippen LogP contribution in [0, 0.1) is 0 Å². The number of rotatable bonds is 10. The highest BCUT2D eigenvalue weighted by molar-refractivity contribution is 8.68. The Labute approximate surface area is 128 Å². The van der Waals surface area contributed by atoms with Crippen molar-refractivity contribution in [3.63, 3.8) is 0 Å². The van der Waals surface area contributed by atoms with Gasteiger partial charge in [0, 0.05) is 5.25 Å². The van der Waals surface area contributed by atoms with Crippen LogP contribution in [0.3, 0.4) is 0 Å². The lowest BCUT2D eigenvalue weighted by Gasteiger charge is -2.28. The van der Waals surface area contributed by atoms with Crippen molar-refractivity contribution < 1.29 is 9.05 Å². The molecule has 0 aromatic carbocycles. The third kappa shape index (κ3) is 8.06. The Hall–Kier alpha value is 0.920. The van der Waals surface area contributed by atoms with Crippen LogP contribution in [0.5, 0.6) is 0 Å². The maximum absolute atomic E-state index is 5.99. The minimum Gasteiger partial charge on any atom is -0.322 e. The molecule has 19 heavy (non-hydrogen) atoms. The van der Waals surface area contributed by atoms with Crippen molar-refractivity contribution in [3.8, 4) is 0 Å². The molecule has 0 bridgehead atoms. The molecule has 1 saturated carbocycles. The summed E-state index contributed by atoms with van der Waals surface area (Å²) in [6.45, 7) is 5.89. The Bertz CT molecular complexity index is 254. The van der Waals surface area contributed by atoms with Crippen molar-refractivity contribution >= 4 is 28.9 Å². The quantitative estimate of drug-likeness (QED) is 0.367. The summed E-state index contributed by atoms with van der Waals surface area (Å²) < 4.78 is 12.0. The van der Waals surface area contributed by atoms with Crippen LogP contribution in [0.15, 0.2) is 0 Å². The zero-order valence-electron chi connectivity index (χ0n) is 12.4. The second kappa shape index (κ2) is 10.6. The van der Waals surface area contributed by atoms with Crippen LogP contribution in [0.4, 0.5) is 0 Å². The van der Waals surface area contributed by atoms with Crippen molar-refractivity contribution in [3.05, 3.63) is 0 Å². The SMILES string of the molecule is CCCCOP(=S)(OCCCC)SC1CCCCC1. The van der Waals surface area contributed by atoms with E-state index in [4.69, 9.17) is 20.9 Å². The van der Waals surface area contributed by atoms with Gasteiger partial charge < -0.3 is 9.05 Å². The van der Waals surface area contributed by atoms with Crippen molar-refractivity contribution in [2.45, 2.75) is 76.9 Å². The first-order chi connectivity index (χ1) is 9.20. The highest BCUT2D eigenvalue weighted by Crippen LogP contribution is 2.64. The largest absolute Gasteiger partial charge is 0.322 e. The van der Waals surface area contributed by atoms with Gasteiger partial charge in [0.25, 0.3) is 0 Å². The molecule has 0 spiro atoms. The standard InChI is InChI=1S/C14H29O2PS2/c1-3-5-12-15-17(18,16-13-6-4-2)19-14-10-8-7-9-11-14/h14H,3-13H2,1-2H3. The molecule has 1 aliphatic carbocycles. The van der Waals surface area contributed by atoms with Crippen molar-refractivity contribution in [1.82, 2.24) is 0 Å². The molecule has 5 heteroatoms. The number of unbranched alkanes of at least 4 members (excludes halogenated alkanes) is 2. The van der Waals surface area contributed by atoms with Gasteiger partial charge in [-0.3, -0.25) is 0 Å². The van der Waals surface area contributed by atoms with E-state index in [1.54, 1.807) is 0 Å². The highest BCUT2D eigenvalue weighted by Gasteiger charge is 2.26. The minimum absolute atomic E-state index is 0.669. The van der Waals surface area contributed by atoms with Gasteiger partial charge in [-0.25, -0.2) is 0 Å². The molecule has 114 valence electrons. The molecule has 1 fully saturated rings. The third-order valence-electron chi connectivity index (χ3n) is 3.32. The van der Waals surface area contributed by atoms with E-state index in [1.807, 2.05) is 11.4 Å². The lowest BCUT2D eigenvalue weighted by molar-refractivity contribution is 0.253. The third-order valence-corrected chi connectivity index (χ3v) is 9.06. The van der Waals surface area contributed by atoms with Gasteiger partial charge in [-0.2, -0.15) is 0 Å². The molecule has 0 aromatic rings. The fourth-order valence-corrected chi connectivity index (χ4v) is 7.99. The summed E-state index contributed by atoms with van der Waals surface area (Å²) in [5.41, 5.74) is -2.10. The molecule has 0 N–H and O–H groups in total. The molecule has 0 saturated heterocycles. The molecule has 0 heterocycles. The van der Waals surface area contributed by atoms with Crippen LogP contribution in [0.2, 0.25) is 0 Å².